The van der Waals surface area contributed by atoms with Crippen LogP contribution < -0.4 is 0 Å². The predicted molar refractivity (Wildman–Crippen MR) is 197 cm³/mol. The molecule has 3 aromatic heterocycles. The third-order valence-corrected chi connectivity index (χ3v) is 9.81. The molecule has 0 radical (unpaired) electrons. The molecule has 0 aliphatic rings. The van der Waals surface area contributed by atoms with Crippen LogP contribution in [0.25, 0.3) is 88.1 Å². The molecule has 7 aromatic carbocycles. The minimum absolute atomic E-state index is 0.378. The maximum atomic E-state index is 9.55. The first kappa shape index (κ1) is 27.1. The topological polar surface area (TPSA) is 70.6 Å². The zero-order chi connectivity index (χ0) is 32.6. The number of rotatable bonds is 3. The monoisotopic (exact) mass is 624 g/mol. The van der Waals surface area contributed by atoms with Crippen LogP contribution in [0.2, 0.25) is 0 Å². The summed E-state index contributed by atoms with van der Waals surface area (Å²) in [7, 11) is 0. The zero-order valence-electron chi connectivity index (χ0n) is 26.1. The molecule has 0 unspecified atom stereocenters. The summed E-state index contributed by atoms with van der Waals surface area (Å²) in [6, 6.07) is 54.3. The van der Waals surface area contributed by atoms with Gasteiger partial charge in [-0.15, -0.1) is 0 Å². The van der Waals surface area contributed by atoms with Crippen LogP contribution in [0.3, 0.4) is 0 Å². The van der Waals surface area contributed by atoms with Crippen molar-refractivity contribution in [2.75, 3.05) is 0 Å². The zero-order valence-corrected chi connectivity index (χ0v) is 26.1. The molecular formula is C44H24N4O. The van der Waals surface area contributed by atoms with E-state index in [0.29, 0.717) is 11.1 Å². The van der Waals surface area contributed by atoms with E-state index in [1.54, 1.807) is 12.1 Å². The van der Waals surface area contributed by atoms with Gasteiger partial charge in [0.25, 0.3) is 0 Å². The average Bonchev–Trinajstić information content (AvgIpc) is 3.82. The van der Waals surface area contributed by atoms with Crippen LogP contribution in [0.5, 0.6) is 0 Å². The van der Waals surface area contributed by atoms with Crippen LogP contribution in [-0.4, -0.2) is 9.13 Å². The van der Waals surface area contributed by atoms with Crippen molar-refractivity contribution in [3.8, 4) is 34.6 Å². The summed E-state index contributed by atoms with van der Waals surface area (Å²) in [6.45, 7) is 0. The van der Waals surface area contributed by atoms with E-state index in [4.69, 9.17) is 4.42 Å². The highest BCUT2D eigenvalue weighted by Crippen LogP contribution is 2.44. The fraction of sp³-hybridized carbons (Fsp3) is 0. The molecule has 3 heterocycles. The minimum atomic E-state index is 0.378. The number of para-hydroxylation sites is 3. The molecule has 5 heteroatoms. The number of benzene rings is 7. The van der Waals surface area contributed by atoms with Gasteiger partial charge in [-0.1, -0.05) is 72.8 Å². The maximum absolute atomic E-state index is 9.55. The molecule has 0 aliphatic heterocycles. The second-order valence-electron chi connectivity index (χ2n) is 12.3. The highest BCUT2D eigenvalue weighted by Gasteiger charge is 2.22. The molecule has 0 spiro atoms. The van der Waals surface area contributed by atoms with E-state index in [0.717, 1.165) is 88.1 Å². The SMILES string of the molecule is N#Cc1ccc(-c2ccc(-n3c4ccccc4c4c5oc6c(ccc7c6c6ccccc6n7-c6ccccc6)c5ccc43)cc2)cc1C#N. The van der Waals surface area contributed by atoms with Crippen molar-refractivity contribution < 1.29 is 4.42 Å². The van der Waals surface area contributed by atoms with Crippen molar-refractivity contribution in [1.29, 1.82) is 10.5 Å². The lowest BCUT2D eigenvalue weighted by molar-refractivity contribution is 0.677. The number of hydrogen-bond acceptors (Lipinski definition) is 3. The lowest BCUT2D eigenvalue weighted by Crippen LogP contribution is -1.94. The Bertz CT molecular complexity index is 3050. The molecule has 10 aromatic rings. The van der Waals surface area contributed by atoms with Gasteiger partial charge in [-0.05, 0) is 83.9 Å². The molecule has 226 valence electrons. The number of furan rings is 1. The first-order chi connectivity index (χ1) is 24.2. The normalized spacial score (nSPS) is 11.6. The highest BCUT2D eigenvalue weighted by atomic mass is 16.3. The van der Waals surface area contributed by atoms with Crippen LogP contribution >= 0.6 is 0 Å². The third kappa shape index (κ3) is 3.79. The standard InChI is InChI=1S/C44H24N4O/c45-25-29-15-14-28(24-30(29)26-46)27-16-18-32(19-17-27)48-38-13-7-5-11-36(38)42-40(48)23-21-34-33-20-22-39-41(43(33)49-44(34)42)35-10-4-6-12-37(35)47(39)31-8-2-1-3-9-31/h1-24H. The molecule has 0 amide bonds. The maximum Gasteiger partial charge on any atom is 0.145 e. The summed E-state index contributed by atoms with van der Waals surface area (Å²) >= 11 is 0. The molecule has 0 saturated heterocycles. The number of hydrogen-bond donors (Lipinski definition) is 0. The van der Waals surface area contributed by atoms with E-state index >= 15 is 0 Å². The lowest BCUT2D eigenvalue weighted by Gasteiger charge is -2.10. The molecule has 49 heavy (non-hydrogen) atoms. The predicted octanol–water partition coefficient (Wildman–Crippen LogP) is 11.2. The van der Waals surface area contributed by atoms with Gasteiger partial charge in [0, 0.05) is 32.9 Å². The molecule has 5 nitrogen and oxygen atoms in total. The van der Waals surface area contributed by atoms with Crippen molar-refractivity contribution in [3.05, 3.63) is 157 Å². The van der Waals surface area contributed by atoms with Gasteiger partial charge in [-0.3, -0.25) is 0 Å². The number of aromatic nitrogens is 2. The molecule has 0 aliphatic carbocycles. The van der Waals surface area contributed by atoms with Gasteiger partial charge in [0.2, 0.25) is 0 Å². The van der Waals surface area contributed by atoms with Crippen molar-refractivity contribution in [1.82, 2.24) is 9.13 Å². The van der Waals surface area contributed by atoms with Crippen LogP contribution in [0, 0.1) is 22.7 Å². The Hall–Kier alpha value is -7.08. The Kier molecular flexibility index (Phi) is 5.64. The van der Waals surface area contributed by atoms with Gasteiger partial charge in [0.15, 0.2) is 0 Å². The quantitative estimate of drug-likeness (QED) is 0.196. The molecule has 0 atom stereocenters. The Morgan fingerprint density at radius 3 is 1.49 bits per heavy atom. The van der Waals surface area contributed by atoms with Gasteiger partial charge in [-0.25, -0.2) is 0 Å². The fourth-order valence-electron chi connectivity index (χ4n) is 7.65. The van der Waals surface area contributed by atoms with Crippen LogP contribution in [0.4, 0.5) is 0 Å². The number of nitriles is 2. The van der Waals surface area contributed by atoms with Crippen molar-refractivity contribution in [2.24, 2.45) is 0 Å². The molecule has 10 rings (SSSR count). The van der Waals surface area contributed by atoms with Crippen molar-refractivity contribution in [3.63, 3.8) is 0 Å². The van der Waals surface area contributed by atoms with Gasteiger partial charge in [0.05, 0.1) is 44.0 Å². The fourth-order valence-corrected chi connectivity index (χ4v) is 7.65. The molecule has 0 N–H and O–H groups in total. The smallest absolute Gasteiger partial charge is 0.145 e. The van der Waals surface area contributed by atoms with Crippen LogP contribution in [-0.2, 0) is 0 Å². The van der Waals surface area contributed by atoms with Gasteiger partial charge < -0.3 is 13.6 Å². The minimum Gasteiger partial charge on any atom is -0.455 e. The lowest BCUT2D eigenvalue weighted by atomic mass is 10.00. The second-order valence-corrected chi connectivity index (χ2v) is 12.3. The Morgan fingerprint density at radius 1 is 0.408 bits per heavy atom. The number of nitrogens with zero attached hydrogens (tertiary/aromatic N) is 4. The third-order valence-electron chi connectivity index (χ3n) is 9.81. The van der Waals surface area contributed by atoms with E-state index in [2.05, 4.69) is 143 Å². The number of fused-ring (bicyclic) bond motifs is 11. The second kappa shape index (κ2) is 10.2. The summed E-state index contributed by atoms with van der Waals surface area (Å²) < 4.78 is 11.6. The largest absolute Gasteiger partial charge is 0.455 e. The first-order valence-corrected chi connectivity index (χ1v) is 16.1. The Labute approximate surface area is 280 Å². The van der Waals surface area contributed by atoms with Gasteiger partial charge in [-0.2, -0.15) is 10.5 Å². The van der Waals surface area contributed by atoms with Crippen molar-refractivity contribution in [2.45, 2.75) is 0 Å². The first-order valence-electron chi connectivity index (χ1n) is 16.1. The van der Waals surface area contributed by atoms with Crippen LogP contribution in [0.15, 0.2) is 150 Å². The van der Waals surface area contributed by atoms with E-state index in [1.165, 1.54) is 0 Å². The summed E-state index contributed by atoms with van der Waals surface area (Å²) in [5, 5.41) is 25.6. The Morgan fingerprint density at radius 2 is 0.918 bits per heavy atom. The Balaban J connectivity index is 1.22. The summed E-state index contributed by atoms with van der Waals surface area (Å²) in [4.78, 5) is 0. The molecule has 0 saturated carbocycles. The molecular weight excluding hydrogens is 601 g/mol. The van der Waals surface area contributed by atoms with E-state index < -0.39 is 0 Å². The van der Waals surface area contributed by atoms with E-state index in [-0.39, 0.29) is 0 Å². The van der Waals surface area contributed by atoms with E-state index in [9.17, 15) is 10.5 Å². The van der Waals surface area contributed by atoms with Gasteiger partial charge >= 0.3 is 0 Å². The summed E-state index contributed by atoms with van der Waals surface area (Å²) in [5.41, 5.74) is 11.0. The highest BCUT2D eigenvalue weighted by molar-refractivity contribution is 6.29. The molecule has 0 fully saturated rings. The molecule has 0 bridgehead atoms. The van der Waals surface area contributed by atoms with E-state index in [1.807, 2.05) is 12.1 Å². The summed E-state index contributed by atoms with van der Waals surface area (Å²) in [6.07, 6.45) is 0. The van der Waals surface area contributed by atoms with Crippen molar-refractivity contribution >= 4 is 65.6 Å². The van der Waals surface area contributed by atoms with Gasteiger partial charge in [0.1, 0.15) is 23.3 Å². The van der Waals surface area contributed by atoms with Crippen LogP contribution in [0.1, 0.15) is 11.1 Å². The average molecular weight is 625 g/mol. The summed E-state index contributed by atoms with van der Waals surface area (Å²) in [5.74, 6) is 0.